The van der Waals surface area contributed by atoms with Crippen LogP contribution in [0.5, 0.6) is 5.75 Å². The second kappa shape index (κ2) is 6.55. The smallest absolute Gasteiger partial charge is 0.120 e. The molecule has 0 aromatic heterocycles. The number of ether oxygens (including phenoxy) is 1. The molecule has 0 amide bonds. The van der Waals surface area contributed by atoms with Gasteiger partial charge in [0.05, 0.1) is 0 Å². The van der Waals surface area contributed by atoms with Crippen molar-refractivity contribution in [1.29, 1.82) is 0 Å². The molecule has 2 atom stereocenters. The summed E-state index contributed by atoms with van der Waals surface area (Å²) in [4.78, 5) is 2.39. The molecule has 18 heavy (non-hydrogen) atoms. The lowest BCUT2D eigenvalue weighted by molar-refractivity contribution is 0.143. The minimum Gasteiger partial charge on any atom is -0.492 e. The van der Waals surface area contributed by atoms with E-state index >= 15 is 0 Å². The molecule has 1 aromatic rings. The molecule has 1 aliphatic rings. The molecule has 2 unspecified atom stereocenters. The number of benzene rings is 1. The number of likely N-dealkylation sites (tertiary alicyclic amines) is 1. The predicted molar refractivity (Wildman–Crippen MR) is 77.8 cm³/mol. The summed E-state index contributed by atoms with van der Waals surface area (Å²) >= 11 is 3.44. The summed E-state index contributed by atoms with van der Waals surface area (Å²) in [5.74, 6) is 1.56. The van der Waals surface area contributed by atoms with E-state index in [0.717, 1.165) is 36.5 Å². The zero-order chi connectivity index (χ0) is 13.0. The van der Waals surface area contributed by atoms with Gasteiger partial charge < -0.3 is 10.5 Å². The maximum absolute atomic E-state index is 6.08. The van der Waals surface area contributed by atoms with Gasteiger partial charge in [0.25, 0.3) is 0 Å². The average Bonchev–Trinajstić information content (AvgIpc) is 2.34. The molecular weight excluding hydrogens is 292 g/mol. The van der Waals surface area contributed by atoms with Gasteiger partial charge in [-0.2, -0.15) is 0 Å². The van der Waals surface area contributed by atoms with Gasteiger partial charge in [0.15, 0.2) is 0 Å². The lowest BCUT2D eigenvalue weighted by atomic mass is 9.94. The van der Waals surface area contributed by atoms with Crippen molar-refractivity contribution in [3.8, 4) is 5.75 Å². The summed E-state index contributed by atoms with van der Waals surface area (Å²) in [6.45, 7) is 6.03. The maximum Gasteiger partial charge on any atom is 0.120 e. The lowest BCUT2D eigenvalue weighted by Gasteiger charge is -2.34. The van der Waals surface area contributed by atoms with Crippen LogP contribution in [0.25, 0.3) is 0 Å². The van der Waals surface area contributed by atoms with Gasteiger partial charge >= 0.3 is 0 Å². The van der Waals surface area contributed by atoms with Crippen LogP contribution in [-0.2, 0) is 0 Å². The average molecular weight is 313 g/mol. The van der Waals surface area contributed by atoms with E-state index in [2.05, 4.69) is 27.8 Å². The van der Waals surface area contributed by atoms with E-state index in [9.17, 15) is 0 Å². The largest absolute Gasteiger partial charge is 0.492 e. The molecule has 1 aliphatic heterocycles. The standard InChI is InChI=1S/C14H21BrN2O/c1-11-5-6-17(10-14(11)16)7-8-18-13-4-2-3-12(15)9-13/h2-4,9,11,14H,5-8,10,16H2,1H3. The number of nitrogens with two attached hydrogens (primary N) is 1. The van der Waals surface area contributed by atoms with E-state index in [1.165, 1.54) is 6.42 Å². The van der Waals surface area contributed by atoms with Crippen molar-refractivity contribution in [3.05, 3.63) is 28.7 Å². The zero-order valence-electron chi connectivity index (χ0n) is 10.8. The van der Waals surface area contributed by atoms with Gasteiger partial charge in [-0.05, 0) is 37.1 Å². The highest BCUT2D eigenvalue weighted by molar-refractivity contribution is 9.10. The molecule has 1 heterocycles. The molecule has 4 heteroatoms. The first-order valence-corrected chi connectivity index (χ1v) is 7.31. The molecular formula is C14H21BrN2O. The number of piperidine rings is 1. The van der Waals surface area contributed by atoms with Gasteiger partial charge in [0, 0.05) is 23.6 Å². The van der Waals surface area contributed by atoms with Gasteiger partial charge in [0.1, 0.15) is 12.4 Å². The summed E-state index contributed by atoms with van der Waals surface area (Å²) in [5.41, 5.74) is 6.08. The Kier molecular flexibility index (Phi) is 5.03. The summed E-state index contributed by atoms with van der Waals surface area (Å²) < 4.78 is 6.79. The van der Waals surface area contributed by atoms with Crippen LogP contribution in [0.15, 0.2) is 28.7 Å². The Morgan fingerprint density at radius 1 is 1.50 bits per heavy atom. The third-order valence-corrected chi connectivity index (χ3v) is 4.07. The van der Waals surface area contributed by atoms with Crippen molar-refractivity contribution in [3.63, 3.8) is 0 Å². The number of halogens is 1. The van der Waals surface area contributed by atoms with Crippen LogP contribution in [0.4, 0.5) is 0 Å². The fourth-order valence-corrected chi connectivity index (χ4v) is 2.60. The van der Waals surface area contributed by atoms with Crippen molar-refractivity contribution in [2.75, 3.05) is 26.2 Å². The van der Waals surface area contributed by atoms with E-state index < -0.39 is 0 Å². The van der Waals surface area contributed by atoms with E-state index in [1.54, 1.807) is 0 Å². The molecule has 100 valence electrons. The second-order valence-corrected chi connectivity index (χ2v) is 5.95. The summed E-state index contributed by atoms with van der Waals surface area (Å²) in [5, 5.41) is 0. The quantitative estimate of drug-likeness (QED) is 0.928. The topological polar surface area (TPSA) is 38.5 Å². The highest BCUT2D eigenvalue weighted by Crippen LogP contribution is 2.18. The Labute approximate surface area is 117 Å². The van der Waals surface area contributed by atoms with Gasteiger partial charge in [0.2, 0.25) is 0 Å². The first kappa shape index (κ1) is 13.8. The second-order valence-electron chi connectivity index (χ2n) is 5.04. The Bertz CT molecular complexity index is 386. The minimum atomic E-state index is 0.310. The molecule has 0 aliphatic carbocycles. The Balaban J connectivity index is 1.72. The molecule has 0 spiro atoms. The molecule has 1 fully saturated rings. The molecule has 1 aromatic carbocycles. The highest BCUT2D eigenvalue weighted by Gasteiger charge is 2.22. The van der Waals surface area contributed by atoms with Crippen molar-refractivity contribution in [2.45, 2.75) is 19.4 Å². The van der Waals surface area contributed by atoms with E-state index in [1.807, 2.05) is 24.3 Å². The van der Waals surface area contributed by atoms with Crippen molar-refractivity contribution < 1.29 is 4.74 Å². The van der Waals surface area contributed by atoms with Crippen LogP contribution in [0.3, 0.4) is 0 Å². The third kappa shape index (κ3) is 3.97. The third-order valence-electron chi connectivity index (χ3n) is 3.57. The maximum atomic E-state index is 6.08. The summed E-state index contributed by atoms with van der Waals surface area (Å²) in [6.07, 6.45) is 1.19. The van der Waals surface area contributed by atoms with Crippen LogP contribution in [0.2, 0.25) is 0 Å². The van der Waals surface area contributed by atoms with Gasteiger partial charge in [-0.3, -0.25) is 4.90 Å². The monoisotopic (exact) mass is 312 g/mol. The number of hydrogen-bond acceptors (Lipinski definition) is 3. The Morgan fingerprint density at radius 3 is 3.06 bits per heavy atom. The van der Waals surface area contributed by atoms with Crippen molar-refractivity contribution >= 4 is 15.9 Å². The van der Waals surface area contributed by atoms with E-state index in [-0.39, 0.29) is 0 Å². The summed E-state index contributed by atoms with van der Waals surface area (Å²) in [7, 11) is 0. The Hall–Kier alpha value is -0.580. The molecule has 2 rings (SSSR count). The fraction of sp³-hybridized carbons (Fsp3) is 0.571. The van der Waals surface area contributed by atoms with Crippen LogP contribution < -0.4 is 10.5 Å². The minimum absolute atomic E-state index is 0.310. The van der Waals surface area contributed by atoms with E-state index in [0.29, 0.717) is 12.0 Å². The summed E-state index contributed by atoms with van der Waals surface area (Å²) in [6, 6.07) is 8.26. The molecule has 0 saturated carbocycles. The van der Waals surface area contributed by atoms with Crippen LogP contribution in [0.1, 0.15) is 13.3 Å². The Morgan fingerprint density at radius 2 is 2.33 bits per heavy atom. The fourth-order valence-electron chi connectivity index (χ4n) is 2.22. The molecule has 0 radical (unpaired) electrons. The normalized spacial score (nSPS) is 25.1. The molecule has 3 nitrogen and oxygen atoms in total. The number of nitrogens with zero attached hydrogens (tertiary/aromatic N) is 1. The van der Waals surface area contributed by atoms with Gasteiger partial charge in [-0.25, -0.2) is 0 Å². The van der Waals surface area contributed by atoms with E-state index in [4.69, 9.17) is 10.5 Å². The first-order valence-electron chi connectivity index (χ1n) is 6.51. The number of hydrogen-bond donors (Lipinski definition) is 1. The first-order chi connectivity index (χ1) is 8.65. The van der Waals surface area contributed by atoms with Gasteiger partial charge in [-0.15, -0.1) is 0 Å². The zero-order valence-corrected chi connectivity index (χ0v) is 12.4. The molecule has 0 bridgehead atoms. The lowest BCUT2D eigenvalue weighted by Crippen LogP contribution is -2.48. The van der Waals surface area contributed by atoms with Crippen molar-refractivity contribution in [2.24, 2.45) is 11.7 Å². The molecule has 2 N–H and O–H groups in total. The highest BCUT2D eigenvalue weighted by atomic mass is 79.9. The van der Waals surface area contributed by atoms with Gasteiger partial charge in [-0.1, -0.05) is 28.9 Å². The predicted octanol–water partition coefficient (Wildman–Crippen LogP) is 2.50. The number of rotatable bonds is 4. The molecule has 1 saturated heterocycles. The van der Waals surface area contributed by atoms with Crippen LogP contribution in [0, 0.1) is 5.92 Å². The van der Waals surface area contributed by atoms with Crippen LogP contribution in [-0.4, -0.2) is 37.2 Å². The van der Waals surface area contributed by atoms with Crippen LogP contribution >= 0.6 is 15.9 Å². The SMILES string of the molecule is CC1CCN(CCOc2cccc(Br)c2)CC1N. The van der Waals surface area contributed by atoms with Crippen molar-refractivity contribution in [1.82, 2.24) is 4.90 Å².